The van der Waals surface area contributed by atoms with Crippen molar-refractivity contribution in [2.45, 2.75) is 19.3 Å². The molecule has 0 unspecified atom stereocenters. The van der Waals surface area contributed by atoms with Gasteiger partial charge < -0.3 is 9.47 Å². The average Bonchev–Trinajstić information content (AvgIpc) is 2.38. The van der Waals surface area contributed by atoms with Crippen molar-refractivity contribution in [2.75, 3.05) is 19.5 Å². The van der Waals surface area contributed by atoms with E-state index in [0.717, 1.165) is 18.6 Å². The zero-order chi connectivity index (χ0) is 13.9. The first kappa shape index (κ1) is 14.0. The Kier molecular flexibility index (Phi) is 4.19. The van der Waals surface area contributed by atoms with E-state index in [1.165, 1.54) is 19.6 Å². The van der Waals surface area contributed by atoms with Crippen molar-refractivity contribution in [1.29, 1.82) is 0 Å². The number of thiol groups is 1. The fraction of sp³-hybridized carbons (Fsp3) is 0.538. The van der Waals surface area contributed by atoms with Crippen molar-refractivity contribution in [3.63, 3.8) is 0 Å². The molecule has 0 bridgehead atoms. The van der Waals surface area contributed by atoms with Crippen LogP contribution in [0.4, 0.5) is 5.69 Å². The predicted molar refractivity (Wildman–Crippen MR) is 75.3 cm³/mol. The highest BCUT2D eigenvalue weighted by Crippen LogP contribution is 2.43. The van der Waals surface area contributed by atoms with E-state index < -0.39 is 4.92 Å². The number of hydrogen-bond acceptors (Lipinski definition) is 5. The third-order valence-electron chi connectivity index (χ3n) is 3.65. The maximum atomic E-state index is 11.0. The highest BCUT2D eigenvalue weighted by atomic mass is 32.1. The van der Waals surface area contributed by atoms with Gasteiger partial charge in [-0.3, -0.25) is 10.1 Å². The summed E-state index contributed by atoms with van der Waals surface area (Å²) in [6, 6.07) is 4.63. The van der Waals surface area contributed by atoms with Crippen LogP contribution in [-0.2, 0) is 0 Å². The second kappa shape index (κ2) is 5.69. The molecule has 5 nitrogen and oxygen atoms in total. The number of benzene rings is 1. The summed E-state index contributed by atoms with van der Waals surface area (Å²) in [4.78, 5) is 10.6. The second-order valence-electron chi connectivity index (χ2n) is 4.89. The lowest BCUT2D eigenvalue weighted by molar-refractivity contribution is -0.386. The first-order valence-electron chi connectivity index (χ1n) is 6.16. The Morgan fingerprint density at radius 3 is 2.68 bits per heavy atom. The lowest BCUT2D eigenvalue weighted by Gasteiger charge is -2.40. The Labute approximate surface area is 117 Å². The molecule has 1 aromatic rings. The van der Waals surface area contributed by atoms with Crippen molar-refractivity contribution in [2.24, 2.45) is 5.41 Å². The van der Waals surface area contributed by atoms with Gasteiger partial charge in [0.15, 0.2) is 5.75 Å². The lowest BCUT2D eigenvalue weighted by Crippen LogP contribution is -2.37. The molecule has 0 N–H and O–H groups in total. The second-order valence-corrected chi connectivity index (χ2v) is 5.21. The van der Waals surface area contributed by atoms with E-state index in [-0.39, 0.29) is 11.1 Å². The minimum absolute atomic E-state index is 0.0620. The normalized spacial score (nSPS) is 16.5. The molecule has 0 amide bonds. The highest BCUT2D eigenvalue weighted by Gasteiger charge is 2.37. The minimum atomic E-state index is -0.452. The van der Waals surface area contributed by atoms with Crippen molar-refractivity contribution < 1.29 is 14.4 Å². The smallest absolute Gasteiger partial charge is 0.314 e. The van der Waals surface area contributed by atoms with Gasteiger partial charge in [-0.1, -0.05) is 6.42 Å². The molecule has 104 valence electrons. The molecule has 0 spiro atoms. The molecule has 0 radical (unpaired) electrons. The monoisotopic (exact) mass is 283 g/mol. The molecule has 2 rings (SSSR count). The summed E-state index contributed by atoms with van der Waals surface area (Å²) in [5, 5.41) is 11.0. The number of ether oxygens (including phenoxy) is 2. The third kappa shape index (κ3) is 2.94. The van der Waals surface area contributed by atoms with Gasteiger partial charge in [0.2, 0.25) is 0 Å². The number of methoxy groups -OCH3 is 1. The number of hydrogen-bond donors (Lipinski definition) is 1. The van der Waals surface area contributed by atoms with Gasteiger partial charge in [-0.2, -0.15) is 12.6 Å². The average molecular weight is 283 g/mol. The van der Waals surface area contributed by atoms with Crippen LogP contribution in [0, 0.1) is 15.5 Å². The molecule has 1 aromatic carbocycles. The Morgan fingerprint density at radius 1 is 1.47 bits per heavy atom. The number of nitro benzene ring substituents is 1. The van der Waals surface area contributed by atoms with Gasteiger partial charge in [-0.15, -0.1) is 0 Å². The van der Waals surface area contributed by atoms with E-state index in [1.54, 1.807) is 12.1 Å². The zero-order valence-electron chi connectivity index (χ0n) is 10.8. The first-order valence-corrected chi connectivity index (χ1v) is 6.79. The van der Waals surface area contributed by atoms with Crippen LogP contribution in [0.25, 0.3) is 0 Å². The molecule has 0 saturated heterocycles. The minimum Gasteiger partial charge on any atom is -0.496 e. The lowest BCUT2D eigenvalue weighted by atomic mass is 9.71. The van der Waals surface area contributed by atoms with E-state index in [0.29, 0.717) is 18.1 Å². The Bertz CT molecular complexity index is 468. The quantitative estimate of drug-likeness (QED) is 0.495. The van der Waals surface area contributed by atoms with E-state index >= 15 is 0 Å². The van der Waals surface area contributed by atoms with Crippen molar-refractivity contribution in [3.8, 4) is 11.5 Å². The van der Waals surface area contributed by atoms with Crippen LogP contribution < -0.4 is 9.47 Å². The van der Waals surface area contributed by atoms with Crippen LogP contribution >= 0.6 is 12.6 Å². The fourth-order valence-corrected chi connectivity index (χ4v) is 2.55. The van der Waals surface area contributed by atoms with Crippen molar-refractivity contribution in [1.82, 2.24) is 0 Å². The van der Waals surface area contributed by atoms with Gasteiger partial charge in [0.05, 0.1) is 24.7 Å². The fourth-order valence-electron chi connectivity index (χ4n) is 2.14. The van der Waals surface area contributed by atoms with Gasteiger partial charge in [-0.25, -0.2) is 0 Å². The molecule has 1 aliphatic rings. The van der Waals surface area contributed by atoms with Crippen molar-refractivity contribution >= 4 is 18.3 Å². The number of rotatable bonds is 6. The summed E-state index contributed by atoms with van der Waals surface area (Å²) in [5.74, 6) is 1.49. The van der Waals surface area contributed by atoms with Crippen LogP contribution in [-0.4, -0.2) is 24.4 Å². The van der Waals surface area contributed by atoms with Gasteiger partial charge in [-0.05, 0) is 30.7 Å². The molecular formula is C13H17NO4S. The molecular weight excluding hydrogens is 266 g/mol. The van der Waals surface area contributed by atoms with E-state index in [2.05, 4.69) is 12.6 Å². The van der Waals surface area contributed by atoms with Crippen LogP contribution in [0.2, 0.25) is 0 Å². The van der Waals surface area contributed by atoms with Crippen LogP contribution in [0.15, 0.2) is 18.2 Å². The van der Waals surface area contributed by atoms with Gasteiger partial charge in [0, 0.05) is 5.41 Å². The van der Waals surface area contributed by atoms with Crippen molar-refractivity contribution in [3.05, 3.63) is 28.3 Å². The molecule has 0 atom stereocenters. The standard InChI is InChI=1S/C13H17NO4S/c1-17-10-3-4-12(11(7-10)14(15)16)18-8-13(9-19)5-2-6-13/h3-4,7,19H,2,5-6,8-9H2,1H3. The summed E-state index contributed by atoms with van der Waals surface area (Å²) in [6.45, 7) is 0.476. The van der Waals surface area contributed by atoms with E-state index in [1.807, 2.05) is 0 Å². The summed E-state index contributed by atoms with van der Waals surface area (Å²) in [6.07, 6.45) is 3.32. The maximum Gasteiger partial charge on any atom is 0.314 e. The zero-order valence-corrected chi connectivity index (χ0v) is 11.7. The molecule has 0 heterocycles. The van der Waals surface area contributed by atoms with Gasteiger partial charge >= 0.3 is 5.69 Å². The van der Waals surface area contributed by atoms with Gasteiger partial charge in [0.1, 0.15) is 5.75 Å². The molecule has 0 aromatic heterocycles. The van der Waals surface area contributed by atoms with Crippen LogP contribution in [0.3, 0.4) is 0 Å². The Morgan fingerprint density at radius 2 is 2.21 bits per heavy atom. The molecule has 1 aliphatic carbocycles. The SMILES string of the molecule is COc1ccc(OCC2(CS)CCC2)c([N+](=O)[O-])c1. The molecule has 1 saturated carbocycles. The Hall–Kier alpha value is -1.43. The molecule has 1 fully saturated rings. The number of nitro groups is 1. The number of nitrogens with zero attached hydrogens (tertiary/aromatic N) is 1. The van der Waals surface area contributed by atoms with E-state index in [4.69, 9.17) is 9.47 Å². The summed E-state index contributed by atoms with van der Waals surface area (Å²) >= 11 is 4.34. The summed E-state index contributed by atoms with van der Waals surface area (Å²) < 4.78 is 10.6. The van der Waals surface area contributed by atoms with Crippen LogP contribution in [0.1, 0.15) is 19.3 Å². The van der Waals surface area contributed by atoms with Gasteiger partial charge in [0.25, 0.3) is 0 Å². The molecule has 6 heteroatoms. The topological polar surface area (TPSA) is 61.6 Å². The third-order valence-corrected chi connectivity index (χ3v) is 4.32. The summed E-state index contributed by atoms with van der Waals surface area (Å²) in [5.41, 5.74) is 0.0182. The predicted octanol–water partition coefficient (Wildman–Crippen LogP) is 3.08. The molecule has 0 aliphatic heterocycles. The molecule has 19 heavy (non-hydrogen) atoms. The maximum absolute atomic E-state index is 11.0. The Balaban J connectivity index is 2.13. The highest BCUT2D eigenvalue weighted by molar-refractivity contribution is 7.80. The van der Waals surface area contributed by atoms with Crippen LogP contribution in [0.5, 0.6) is 11.5 Å². The summed E-state index contributed by atoms with van der Waals surface area (Å²) in [7, 11) is 1.48. The first-order chi connectivity index (χ1) is 9.10. The largest absolute Gasteiger partial charge is 0.496 e. The van der Waals surface area contributed by atoms with E-state index in [9.17, 15) is 10.1 Å².